The van der Waals surface area contributed by atoms with Gasteiger partial charge >= 0.3 is 0 Å². The first-order valence-electron chi connectivity index (χ1n) is 5.00. The lowest BCUT2D eigenvalue weighted by molar-refractivity contribution is 0.774. The molecule has 0 aromatic carbocycles. The van der Waals surface area contributed by atoms with Crippen LogP contribution in [0.3, 0.4) is 0 Å². The first-order chi connectivity index (χ1) is 7.63. The summed E-state index contributed by atoms with van der Waals surface area (Å²) in [6.07, 6.45) is 3.72. The summed E-state index contributed by atoms with van der Waals surface area (Å²) >= 11 is 6.08. The van der Waals surface area contributed by atoms with Crippen molar-refractivity contribution >= 4 is 28.7 Å². The number of pyridine rings is 1. The monoisotopic (exact) mass is 236 g/mol. The summed E-state index contributed by atoms with van der Waals surface area (Å²) in [5.74, 6) is 0. The summed E-state index contributed by atoms with van der Waals surface area (Å²) in [7, 11) is 1.86. The lowest BCUT2D eigenvalue weighted by Gasteiger charge is -1.99. The Balaban J connectivity index is 2.65. The molecule has 2 aromatic heterocycles. The maximum atomic E-state index is 6.08. The normalized spacial score (nSPS) is 11.8. The zero-order valence-corrected chi connectivity index (χ0v) is 9.99. The second kappa shape index (κ2) is 4.23. The zero-order valence-electron chi connectivity index (χ0n) is 9.24. The average molecular weight is 237 g/mol. The number of fused-ring (bicyclic) bond motifs is 1. The van der Waals surface area contributed by atoms with Gasteiger partial charge in [-0.15, -0.1) is 0 Å². The van der Waals surface area contributed by atoms with E-state index in [-0.39, 0.29) is 0 Å². The van der Waals surface area contributed by atoms with Crippen molar-refractivity contribution in [3.05, 3.63) is 28.6 Å². The van der Waals surface area contributed by atoms with Crippen LogP contribution in [-0.4, -0.2) is 21.3 Å². The van der Waals surface area contributed by atoms with E-state index in [1.54, 1.807) is 4.68 Å². The van der Waals surface area contributed by atoms with E-state index in [1.165, 1.54) is 0 Å². The van der Waals surface area contributed by atoms with Gasteiger partial charge < -0.3 is 5.73 Å². The Kier molecular flexibility index (Phi) is 2.94. The highest BCUT2D eigenvalue weighted by Crippen LogP contribution is 2.23. The van der Waals surface area contributed by atoms with Crippen LogP contribution >= 0.6 is 11.6 Å². The molecule has 4 nitrogen and oxygen atoms in total. The molecule has 0 fully saturated rings. The highest BCUT2D eigenvalue weighted by Gasteiger charge is 2.09. The van der Waals surface area contributed by atoms with Gasteiger partial charge in [0, 0.05) is 24.5 Å². The molecule has 0 saturated carbocycles. The summed E-state index contributed by atoms with van der Waals surface area (Å²) in [5, 5.41) is 5.79. The molecule has 0 radical (unpaired) electrons. The molecule has 0 amide bonds. The summed E-state index contributed by atoms with van der Waals surface area (Å²) in [4.78, 5) is 4.32. The molecule has 0 bridgehead atoms. The Morgan fingerprint density at radius 1 is 1.56 bits per heavy atom. The number of aromatic nitrogens is 3. The van der Waals surface area contributed by atoms with Gasteiger partial charge in [-0.1, -0.05) is 23.8 Å². The Hall–Kier alpha value is -1.39. The molecule has 0 unspecified atom stereocenters. The Labute approximate surface area is 98.7 Å². The van der Waals surface area contributed by atoms with Crippen molar-refractivity contribution < 1.29 is 0 Å². The van der Waals surface area contributed by atoms with Crippen molar-refractivity contribution in [1.82, 2.24) is 14.8 Å². The van der Waals surface area contributed by atoms with Crippen LogP contribution in [0.15, 0.2) is 12.1 Å². The summed E-state index contributed by atoms with van der Waals surface area (Å²) < 4.78 is 1.73. The molecule has 2 rings (SSSR count). The van der Waals surface area contributed by atoms with Gasteiger partial charge in [0.25, 0.3) is 0 Å². The zero-order chi connectivity index (χ0) is 11.7. The highest BCUT2D eigenvalue weighted by molar-refractivity contribution is 6.31. The van der Waals surface area contributed by atoms with Crippen molar-refractivity contribution in [1.29, 1.82) is 0 Å². The van der Waals surface area contributed by atoms with Gasteiger partial charge in [0.2, 0.25) is 0 Å². The minimum absolute atomic E-state index is 0.472. The molecule has 5 heteroatoms. The highest BCUT2D eigenvalue weighted by atomic mass is 35.5. The standard InChI is InChI=1S/C11H13ClN4/c1-7-9-6-8(4-3-5-13)10(12)14-11(9)16(2)15-7/h3-4,6H,5,13H2,1-2H3. The second-order valence-corrected chi connectivity index (χ2v) is 3.94. The van der Waals surface area contributed by atoms with Gasteiger partial charge in [0.1, 0.15) is 5.15 Å². The van der Waals surface area contributed by atoms with Crippen molar-refractivity contribution in [3.8, 4) is 0 Å². The van der Waals surface area contributed by atoms with Crippen LogP contribution in [0.2, 0.25) is 5.15 Å². The molecule has 0 aliphatic carbocycles. The number of aryl methyl sites for hydroxylation is 2. The van der Waals surface area contributed by atoms with Crippen LogP contribution in [0.1, 0.15) is 11.3 Å². The first kappa shape index (κ1) is 11.1. The van der Waals surface area contributed by atoms with E-state index in [0.717, 1.165) is 22.3 Å². The van der Waals surface area contributed by atoms with E-state index >= 15 is 0 Å². The maximum Gasteiger partial charge on any atom is 0.159 e. The van der Waals surface area contributed by atoms with Crippen LogP contribution < -0.4 is 5.73 Å². The quantitative estimate of drug-likeness (QED) is 0.811. The average Bonchev–Trinajstić information content (AvgIpc) is 2.51. The number of rotatable bonds is 2. The van der Waals surface area contributed by atoms with E-state index < -0.39 is 0 Å². The second-order valence-electron chi connectivity index (χ2n) is 3.59. The van der Waals surface area contributed by atoms with Crippen LogP contribution in [0.5, 0.6) is 0 Å². The van der Waals surface area contributed by atoms with Gasteiger partial charge in [0.15, 0.2) is 5.65 Å². The molecular weight excluding hydrogens is 224 g/mol. The van der Waals surface area contributed by atoms with E-state index in [1.807, 2.05) is 32.2 Å². The van der Waals surface area contributed by atoms with Gasteiger partial charge in [-0.2, -0.15) is 5.10 Å². The molecule has 2 heterocycles. The molecule has 0 spiro atoms. The van der Waals surface area contributed by atoms with Crippen LogP contribution in [0.25, 0.3) is 17.1 Å². The molecule has 84 valence electrons. The molecule has 0 aliphatic heterocycles. The Morgan fingerprint density at radius 2 is 2.31 bits per heavy atom. The number of hydrogen-bond acceptors (Lipinski definition) is 3. The Morgan fingerprint density at radius 3 is 3.00 bits per heavy atom. The summed E-state index contributed by atoms with van der Waals surface area (Å²) in [6, 6.07) is 1.99. The van der Waals surface area contributed by atoms with Crippen molar-refractivity contribution in [2.45, 2.75) is 6.92 Å². The minimum Gasteiger partial charge on any atom is -0.327 e. The molecule has 16 heavy (non-hydrogen) atoms. The van der Waals surface area contributed by atoms with E-state index in [4.69, 9.17) is 17.3 Å². The first-order valence-corrected chi connectivity index (χ1v) is 5.37. The maximum absolute atomic E-state index is 6.08. The van der Waals surface area contributed by atoms with Crippen molar-refractivity contribution in [3.63, 3.8) is 0 Å². The lowest BCUT2D eigenvalue weighted by Crippen LogP contribution is -1.94. The van der Waals surface area contributed by atoms with Gasteiger partial charge in [-0.25, -0.2) is 4.98 Å². The molecule has 2 N–H and O–H groups in total. The van der Waals surface area contributed by atoms with Crippen LogP contribution in [-0.2, 0) is 7.05 Å². The predicted molar refractivity (Wildman–Crippen MR) is 66.3 cm³/mol. The summed E-state index contributed by atoms with van der Waals surface area (Å²) in [6.45, 7) is 2.44. The number of halogens is 1. The molecule has 0 aliphatic rings. The number of nitrogens with zero attached hydrogens (tertiary/aromatic N) is 3. The SMILES string of the molecule is Cc1nn(C)c2nc(Cl)c(C=CCN)cc12. The summed E-state index contributed by atoms with van der Waals surface area (Å²) in [5.41, 5.74) is 8.02. The molecule has 2 aromatic rings. The topological polar surface area (TPSA) is 56.7 Å². The van der Waals surface area contributed by atoms with Gasteiger partial charge in [-0.05, 0) is 13.0 Å². The fourth-order valence-corrected chi connectivity index (χ4v) is 1.85. The van der Waals surface area contributed by atoms with Gasteiger partial charge in [-0.3, -0.25) is 4.68 Å². The predicted octanol–water partition coefficient (Wildman–Crippen LogP) is 1.90. The smallest absolute Gasteiger partial charge is 0.159 e. The number of hydrogen-bond donors (Lipinski definition) is 1. The van der Waals surface area contributed by atoms with E-state index in [2.05, 4.69) is 10.1 Å². The third-order valence-corrected chi connectivity index (χ3v) is 2.72. The van der Waals surface area contributed by atoms with Gasteiger partial charge in [0.05, 0.1) is 5.69 Å². The molecule has 0 saturated heterocycles. The minimum atomic E-state index is 0.472. The fourth-order valence-electron chi connectivity index (χ4n) is 1.65. The van der Waals surface area contributed by atoms with Crippen LogP contribution in [0, 0.1) is 6.92 Å². The third kappa shape index (κ3) is 1.81. The third-order valence-electron chi connectivity index (χ3n) is 2.41. The van der Waals surface area contributed by atoms with E-state index in [0.29, 0.717) is 11.7 Å². The molecular formula is C11H13ClN4. The van der Waals surface area contributed by atoms with E-state index in [9.17, 15) is 0 Å². The lowest BCUT2D eigenvalue weighted by atomic mass is 10.2. The molecule has 0 atom stereocenters. The van der Waals surface area contributed by atoms with Crippen molar-refractivity contribution in [2.75, 3.05) is 6.54 Å². The van der Waals surface area contributed by atoms with Crippen LogP contribution in [0.4, 0.5) is 0 Å². The Bertz CT molecular complexity index is 557. The number of nitrogens with two attached hydrogens (primary N) is 1. The van der Waals surface area contributed by atoms with Crippen molar-refractivity contribution in [2.24, 2.45) is 12.8 Å². The largest absolute Gasteiger partial charge is 0.327 e. The fraction of sp³-hybridized carbons (Fsp3) is 0.273.